The third kappa shape index (κ3) is 5.95. The van der Waals surface area contributed by atoms with E-state index in [2.05, 4.69) is 0 Å². The first-order valence-electron chi connectivity index (χ1n) is 14.0. The molecular formula is C33H36O9. The number of benzene rings is 3. The van der Waals surface area contributed by atoms with E-state index in [0.717, 1.165) is 23.1 Å². The largest absolute Gasteiger partial charge is 0.497 e. The minimum atomic E-state index is -0.969. The molecule has 3 unspecified atom stereocenters. The predicted molar refractivity (Wildman–Crippen MR) is 154 cm³/mol. The van der Waals surface area contributed by atoms with E-state index in [1.807, 2.05) is 43.3 Å². The van der Waals surface area contributed by atoms with Crippen molar-refractivity contribution in [3.63, 3.8) is 0 Å². The molecule has 2 aliphatic rings. The minimum Gasteiger partial charge on any atom is -0.497 e. The molecule has 0 aromatic heterocycles. The monoisotopic (exact) mass is 576 g/mol. The maximum absolute atomic E-state index is 13.2. The quantitative estimate of drug-likeness (QED) is 0.295. The van der Waals surface area contributed by atoms with Crippen LogP contribution in [0.3, 0.4) is 0 Å². The SMILES string of the molecule is CCCOc1ccc2c(c1)C(c1ccc(OC)cc1OCC(=O)OC(C)(C)C)C(C(=O)O)C2c1ccc2c(c1)OCO2. The highest BCUT2D eigenvalue weighted by Crippen LogP contribution is 2.56. The van der Waals surface area contributed by atoms with Crippen molar-refractivity contribution in [2.75, 3.05) is 27.1 Å². The van der Waals surface area contributed by atoms with Gasteiger partial charge in [-0.1, -0.05) is 25.1 Å². The summed E-state index contributed by atoms with van der Waals surface area (Å²) in [6.07, 6.45) is 0.833. The van der Waals surface area contributed by atoms with Gasteiger partial charge in [0.2, 0.25) is 6.79 Å². The predicted octanol–water partition coefficient (Wildman–Crippen LogP) is 5.91. The maximum atomic E-state index is 13.2. The Morgan fingerprint density at radius 1 is 0.881 bits per heavy atom. The number of fused-ring (bicyclic) bond motifs is 2. The van der Waals surface area contributed by atoms with Crippen molar-refractivity contribution in [1.82, 2.24) is 0 Å². The summed E-state index contributed by atoms with van der Waals surface area (Å²) in [7, 11) is 1.53. The molecular weight excluding hydrogens is 540 g/mol. The second-order valence-corrected chi connectivity index (χ2v) is 11.4. The summed E-state index contributed by atoms with van der Waals surface area (Å²) >= 11 is 0. The highest BCUT2D eigenvalue weighted by molar-refractivity contribution is 5.79. The highest BCUT2D eigenvalue weighted by Gasteiger charge is 2.48. The molecule has 42 heavy (non-hydrogen) atoms. The van der Waals surface area contributed by atoms with Crippen molar-refractivity contribution in [2.24, 2.45) is 5.92 Å². The van der Waals surface area contributed by atoms with E-state index in [1.54, 1.807) is 39.0 Å². The van der Waals surface area contributed by atoms with Gasteiger partial charge in [-0.05, 0) is 74.2 Å². The van der Waals surface area contributed by atoms with Crippen LogP contribution in [0.25, 0.3) is 0 Å². The van der Waals surface area contributed by atoms with Gasteiger partial charge in [-0.2, -0.15) is 0 Å². The van der Waals surface area contributed by atoms with Gasteiger partial charge in [-0.3, -0.25) is 4.79 Å². The highest BCUT2D eigenvalue weighted by atomic mass is 16.7. The number of carbonyl (C=O) groups is 2. The van der Waals surface area contributed by atoms with E-state index >= 15 is 0 Å². The van der Waals surface area contributed by atoms with E-state index in [0.29, 0.717) is 40.9 Å². The average molecular weight is 577 g/mol. The Morgan fingerprint density at radius 3 is 2.33 bits per heavy atom. The Bertz CT molecular complexity index is 1470. The molecule has 0 bridgehead atoms. The van der Waals surface area contributed by atoms with Crippen molar-refractivity contribution in [3.05, 3.63) is 76.9 Å². The second kappa shape index (κ2) is 11.8. The number of carboxylic acid groups (broad SMARTS) is 1. The zero-order valence-electron chi connectivity index (χ0n) is 24.5. The molecule has 0 saturated carbocycles. The van der Waals surface area contributed by atoms with Crippen LogP contribution in [0.4, 0.5) is 0 Å². The molecule has 9 nitrogen and oxygen atoms in total. The standard InChI is InChI=1S/C33H36O9/c1-6-13-38-21-9-10-22-24(15-21)30(31(32(35)36)29(22)19-7-12-25-27(14-19)41-18-40-25)23-11-8-20(37-5)16-26(23)39-17-28(34)42-33(2,3)4/h7-12,14-16,29-31H,6,13,17-18H2,1-5H3,(H,35,36). The number of carbonyl (C=O) groups excluding carboxylic acids is 1. The van der Waals surface area contributed by atoms with Gasteiger partial charge in [-0.15, -0.1) is 0 Å². The molecule has 1 aliphatic carbocycles. The Hall–Kier alpha value is -4.40. The molecule has 3 aromatic rings. The summed E-state index contributed by atoms with van der Waals surface area (Å²) in [5, 5.41) is 10.8. The molecule has 0 spiro atoms. The lowest BCUT2D eigenvalue weighted by Gasteiger charge is -2.25. The third-order valence-electron chi connectivity index (χ3n) is 7.28. The summed E-state index contributed by atoms with van der Waals surface area (Å²) in [5.41, 5.74) is 2.41. The second-order valence-electron chi connectivity index (χ2n) is 11.4. The molecule has 3 aromatic carbocycles. The van der Waals surface area contributed by atoms with Crippen LogP contribution in [0.2, 0.25) is 0 Å². The molecule has 1 N–H and O–H groups in total. The van der Waals surface area contributed by atoms with Crippen molar-refractivity contribution in [1.29, 1.82) is 0 Å². The first-order chi connectivity index (χ1) is 20.1. The fraction of sp³-hybridized carbons (Fsp3) is 0.394. The van der Waals surface area contributed by atoms with E-state index in [9.17, 15) is 14.7 Å². The summed E-state index contributed by atoms with van der Waals surface area (Å²) < 4.78 is 34.0. The average Bonchev–Trinajstić information content (AvgIpc) is 3.55. The van der Waals surface area contributed by atoms with Gasteiger partial charge in [0, 0.05) is 23.5 Å². The molecule has 0 saturated heterocycles. The molecule has 1 heterocycles. The van der Waals surface area contributed by atoms with Crippen LogP contribution in [-0.2, 0) is 14.3 Å². The lowest BCUT2D eigenvalue weighted by Crippen LogP contribution is -2.28. The number of hydrogen-bond acceptors (Lipinski definition) is 8. The number of methoxy groups -OCH3 is 1. The van der Waals surface area contributed by atoms with Crippen LogP contribution < -0.4 is 23.7 Å². The van der Waals surface area contributed by atoms with Gasteiger partial charge in [0.1, 0.15) is 22.8 Å². The Balaban J connectivity index is 1.62. The fourth-order valence-electron chi connectivity index (χ4n) is 5.67. The molecule has 9 heteroatoms. The molecule has 0 radical (unpaired) electrons. The van der Waals surface area contributed by atoms with Gasteiger partial charge >= 0.3 is 11.9 Å². The topological polar surface area (TPSA) is 110 Å². The first-order valence-corrected chi connectivity index (χ1v) is 14.0. The number of rotatable bonds is 10. The Labute approximate surface area is 245 Å². The number of carboxylic acids is 1. The van der Waals surface area contributed by atoms with Gasteiger partial charge in [-0.25, -0.2) is 4.79 Å². The minimum absolute atomic E-state index is 0.118. The van der Waals surface area contributed by atoms with E-state index in [1.165, 1.54) is 7.11 Å². The van der Waals surface area contributed by atoms with E-state index in [-0.39, 0.29) is 13.4 Å². The molecule has 1 aliphatic heterocycles. The number of ether oxygens (including phenoxy) is 6. The van der Waals surface area contributed by atoms with Crippen LogP contribution in [0.15, 0.2) is 54.6 Å². The van der Waals surface area contributed by atoms with Crippen molar-refractivity contribution in [2.45, 2.75) is 51.6 Å². The lowest BCUT2D eigenvalue weighted by molar-refractivity contribution is -0.157. The van der Waals surface area contributed by atoms with Crippen LogP contribution in [0, 0.1) is 5.92 Å². The maximum Gasteiger partial charge on any atom is 0.344 e. The number of hydrogen-bond donors (Lipinski definition) is 1. The third-order valence-corrected chi connectivity index (χ3v) is 7.28. The molecule has 3 atom stereocenters. The lowest BCUT2D eigenvalue weighted by atomic mass is 9.79. The normalized spacial score (nSPS) is 18.7. The Kier molecular flexibility index (Phi) is 8.20. The molecule has 5 rings (SSSR count). The summed E-state index contributed by atoms with van der Waals surface area (Å²) in [5.74, 6) is -0.832. The summed E-state index contributed by atoms with van der Waals surface area (Å²) in [6.45, 7) is 7.67. The van der Waals surface area contributed by atoms with Crippen molar-refractivity contribution >= 4 is 11.9 Å². The zero-order valence-corrected chi connectivity index (χ0v) is 24.5. The number of esters is 1. The summed E-state index contributed by atoms with van der Waals surface area (Å²) in [4.78, 5) is 25.7. The summed E-state index contributed by atoms with van der Waals surface area (Å²) in [6, 6.07) is 16.5. The Morgan fingerprint density at radius 2 is 1.62 bits per heavy atom. The van der Waals surface area contributed by atoms with Gasteiger partial charge < -0.3 is 33.5 Å². The van der Waals surface area contributed by atoms with Gasteiger partial charge in [0.25, 0.3) is 0 Å². The molecule has 0 amide bonds. The van der Waals surface area contributed by atoms with Crippen molar-refractivity contribution in [3.8, 4) is 28.7 Å². The number of aliphatic carboxylic acids is 1. The zero-order chi connectivity index (χ0) is 30.0. The van der Waals surface area contributed by atoms with E-state index < -0.39 is 35.3 Å². The first kappa shape index (κ1) is 29.1. The van der Waals surface area contributed by atoms with Crippen LogP contribution in [0.1, 0.15) is 68.2 Å². The van der Waals surface area contributed by atoms with Crippen molar-refractivity contribution < 1.29 is 43.1 Å². The molecule has 0 fully saturated rings. The van der Waals surface area contributed by atoms with Crippen LogP contribution in [-0.4, -0.2) is 49.8 Å². The van der Waals surface area contributed by atoms with E-state index in [4.69, 9.17) is 28.4 Å². The van der Waals surface area contributed by atoms with Crippen LogP contribution in [0.5, 0.6) is 28.7 Å². The molecule has 222 valence electrons. The van der Waals surface area contributed by atoms with Gasteiger partial charge in [0.15, 0.2) is 18.1 Å². The van der Waals surface area contributed by atoms with Crippen LogP contribution >= 0.6 is 0 Å². The fourth-order valence-corrected chi connectivity index (χ4v) is 5.67. The smallest absolute Gasteiger partial charge is 0.344 e. The van der Waals surface area contributed by atoms with Gasteiger partial charge in [0.05, 0.1) is 19.6 Å².